The fraction of sp³-hybridized carbons (Fsp3) is 1.00. The monoisotopic (exact) mass is 201 g/mol. The van der Waals surface area contributed by atoms with E-state index in [1.54, 1.807) is 0 Å². The average molecular weight is 201 g/mol. The van der Waals surface area contributed by atoms with E-state index in [2.05, 4.69) is 32.6 Å². The van der Waals surface area contributed by atoms with Gasteiger partial charge in [-0.25, -0.2) is 0 Å². The van der Waals surface area contributed by atoms with Gasteiger partial charge in [-0.2, -0.15) is 0 Å². The zero-order valence-electron chi connectivity index (χ0n) is 10.3. The third-order valence-electron chi connectivity index (χ3n) is 2.68. The average Bonchev–Trinajstić information content (AvgIpc) is 2.13. The van der Waals surface area contributed by atoms with Crippen LogP contribution in [-0.2, 0) is 0 Å². The van der Waals surface area contributed by atoms with Crippen LogP contribution in [0.2, 0.25) is 0 Å². The lowest BCUT2D eigenvalue weighted by molar-refractivity contribution is 0.107. The molecule has 0 radical (unpaired) electrons. The number of aliphatic hydroxyl groups is 1. The molecule has 0 aliphatic rings. The van der Waals surface area contributed by atoms with Crippen LogP contribution in [0.25, 0.3) is 0 Å². The van der Waals surface area contributed by atoms with E-state index in [9.17, 15) is 5.11 Å². The number of rotatable bonds is 8. The molecule has 0 unspecified atom stereocenters. The Kier molecular flexibility index (Phi) is 8.20. The lowest BCUT2D eigenvalue weighted by Gasteiger charge is -2.21. The molecule has 0 aliphatic carbocycles. The first-order valence-corrected chi connectivity index (χ1v) is 6.00. The van der Waals surface area contributed by atoms with Crippen LogP contribution in [0.15, 0.2) is 0 Å². The molecular weight excluding hydrogens is 174 g/mol. The van der Waals surface area contributed by atoms with Gasteiger partial charge in [0.15, 0.2) is 0 Å². The quantitative estimate of drug-likeness (QED) is 0.652. The molecule has 0 aromatic heterocycles. The van der Waals surface area contributed by atoms with Crippen molar-refractivity contribution in [1.82, 2.24) is 4.90 Å². The Morgan fingerprint density at radius 2 is 1.64 bits per heavy atom. The second-order valence-corrected chi connectivity index (χ2v) is 4.46. The van der Waals surface area contributed by atoms with Gasteiger partial charge in [-0.1, -0.05) is 40.5 Å². The SMILES string of the molecule is CCN(CC)C[C@@H](O)CCCC(C)C. The van der Waals surface area contributed by atoms with E-state index in [0.717, 1.165) is 38.4 Å². The van der Waals surface area contributed by atoms with Gasteiger partial charge in [-0.3, -0.25) is 0 Å². The summed E-state index contributed by atoms with van der Waals surface area (Å²) in [5, 5.41) is 9.75. The molecule has 0 bridgehead atoms. The minimum absolute atomic E-state index is 0.131. The molecule has 0 aromatic carbocycles. The van der Waals surface area contributed by atoms with Gasteiger partial charge in [-0.15, -0.1) is 0 Å². The third-order valence-corrected chi connectivity index (χ3v) is 2.68. The minimum Gasteiger partial charge on any atom is -0.392 e. The summed E-state index contributed by atoms with van der Waals surface area (Å²) in [6.07, 6.45) is 3.21. The van der Waals surface area contributed by atoms with Crippen molar-refractivity contribution >= 4 is 0 Å². The lowest BCUT2D eigenvalue weighted by Crippen LogP contribution is -2.32. The van der Waals surface area contributed by atoms with E-state index in [0.29, 0.717) is 0 Å². The summed E-state index contributed by atoms with van der Waals surface area (Å²) in [7, 11) is 0. The molecular formula is C12H27NO. The maximum atomic E-state index is 9.75. The molecule has 0 spiro atoms. The Balaban J connectivity index is 3.48. The van der Waals surface area contributed by atoms with Crippen molar-refractivity contribution in [1.29, 1.82) is 0 Å². The van der Waals surface area contributed by atoms with E-state index >= 15 is 0 Å². The summed E-state index contributed by atoms with van der Waals surface area (Å²) in [5.41, 5.74) is 0. The van der Waals surface area contributed by atoms with Gasteiger partial charge in [0.25, 0.3) is 0 Å². The number of aliphatic hydroxyl groups excluding tert-OH is 1. The lowest BCUT2D eigenvalue weighted by atomic mass is 10.0. The van der Waals surface area contributed by atoms with E-state index in [-0.39, 0.29) is 6.10 Å². The maximum Gasteiger partial charge on any atom is 0.0667 e. The van der Waals surface area contributed by atoms with Crippen LogP contribution in [0.3, 0.4) is 0 Å². The number of nitrogens with zero attached hydrogens (tertiary/aromatic N) is 1. The van der Waals surface area contributed by atoms with Gasteiger partial charge in [0, 0.05) is 6.54 Å². The van der Waals surface area contributed by atoms with E-state index in [1.807, 2.05) is 0 Å². The van der Waals surface area contributed by atoms with Gasteiger partial charge in [0.05, 0.1) is 6.10 Å². The second-order valence-electron chi connectivity index (χ2n) is 4.46. The molecule has 0 aliphatic heterocycles. The summed E-state index contributed by atoms with van der Waals surface area (Å²) in [6.45, 7) is 11.7. The number of hydrogen-bond donors (Lipinski definition) is 1. The smallest absolute Gasteiger partial charge is 0.0667 e. The van der Waals surface area contributed by atoms with Crippen LogP contribution in [-0.4, -0.2) is 35.7 Å². The Bertz CT molecular complexity index is 121. The highest BCUT2D eigenvalue weighted by Gasteiger charge is 2.08. The molecule has 86 valence electrons. The molecule has 1 atom stereocenters. The molecule has 0 heterocycles. The van der Waals surface area contributed by atoms with Crippen molar-refractivity contribution < 1.29 is 5.11 Å². The van der Waals surface area contributed by atoms with Gasteiger partial charge >= 0.3 is 0 Å². The number of hydrogen-bond acceptors (Lipinski definition) is 2. The molecule has 0 saturated heterocycles. The largest absolute Gasteiger partial charge is 0.392 e. The molecule has 0 amide bonds. The second kappa shape index (κ2) is 8.25. The standard InChI is InChI=1S/C12H27NO/c1-5-13(6-2)10-12(14)9-7-8-11(3)4/h11-12,14H,5-10H2,1-4H3/t12-/m0/s1. The first kappa shape index (κ1) is 13.9. The molecule has 0 aromatic rings. The van der Waals surface area contributed by atoms with E-state index < -0.39 is 0 Å². The van der Waals surface area contributed by atoms with Crippen LogP contribution < -0.4 is 0 Å². The summed E-state index contributed by atoms with van der Waals surface area (Å²) in [6, 6.07) is 0. The normalized spacial score (nSPS) is 13.9. The highest BCUT2D eigenvalue weighted by atomic mass is 16.3. The van der Waals surface area contributed by atoms with Crippen molar-refractivity contribution in [3.8, 4) is 0 Å². The maximum absolute atomic E-state index is 9.75. The van der Waals surface area contributed by atoms with Crippen molar-refractivity contribution in [2.24, 2.45) is 5.92 Å². The van der Waals surface area contributed by atoms with Gasteiger partial charge in [0.2, 0.25) is 0 Å². The van der Waals surface area contributed by atoms with Crippen molar-refractivity contribution in [2.75, 3.05) is 19.6 Å². The highest BCUT2D eigenvalue weighted by Crippen LogP contribution is 2.09. The molecule has 14 heavy (non-hydrogen) atoms. The Morgan fingerprint density at radius 1 is 1.07 bits per heavy atom. The fourth-order valence-corrected chi connectivity index (χ4v) is 1.63. The zero-order valence-corrected chi connectivity index (χ0v) is 10.3. The van der Waals surface area contributed by atoms with Crippen LogP contribution in [0.5, 0.6) is 0 Å². The minimum atomic E-state index is -0.131. The summed E-state index contributed by atoms with van der Waals surface area (Å²) >= 11 is 0. The van der Waals surface area contributed by atoms with Gasteiger partial charge in [0.1, 0.15) is 0 Å². The third kappa shape index (κ3) is 7.34. The molecule has 0 fully saturated rings. The Hall–Kier alpha value is -0.0800. The molecule has 2 nitrogen and oxygen atoms in total. The van der Waals surface area contributed by atoms with Gasteiger partial charge in [-0.05, 0) is 25.4 Å². The predicted molar refractivity (Wildman–Crippen MR) is 62.5 cm³/mol. The number of likely N-dealkylation sites (N-methyl/N-ethyl adjacent to an activating group) is 1. The van der Waals surface area contributed by atoms with Gasteiger partial charge < -0.3 is 10.0 Å². The Morgan fingerprint density at radius 3 is 2.07 bits per heavy atom. The predicted octanol–water partition coefficient (Wildman–Crippen LogP) is 2.52. The van der Waals surface area contributed by atoms with Crippen LogP contribution in [0.4, 0.5) is 0 Å². The molecule has 1 N–H and O–H groups in total. The highest BCUT2D eigenvalue weighted by molar-refractivity contribution is 4.62. The first-order chi connectivity index (χ1) is 6.60. The summed E-state index contributed by atoms with van der Waals surface area (Å²) in [4.78, 5) is 2.28. The first-order valence-electron chi connectivity index (χ1n) is 6.00. The Labute approximate surface area is 89.3 Å². The summed E-state index contributed by atoms with van der Waals surface area (Å²) in [5.74, 6) is 0.760. The topological polar surface area (TPSA) is 23.5 Å². The van der Waals surface area contributed by atoms with Crippen LogP contribution in [0, 0.1) is 5.92 Å². The van der Waals surface area contributed by atoms with E-state index in [4.69, 9.17) is 0 Å². The van der Waals surface area contributed by atoms with Crippen LogP contribution in [0.1, 0.15) is 47.0 Å². The van der Waals surface area contributed by atoms with Crippen LogP contribution >= 0.6 is 0 Å². The fourth-order valence-electron chi connectivity index (χ4n) is 1.63. The molecule has 2 heteroatoms. The zero-order chi connectivity index (χ0) is 11.0. The van der Waals surface area contributed by atoms with E-state index in [1.165, 1.54) is 6.42 Å². The van der Waals surface area contributed by atoms with Crippen molar-refractivity contribution in [2.45, 2.75) is 53.1 Å². The van der Waals surface area contributed by atoms with Crippen molar-refractivity contribution in [3.63, 3.8) is 0 Å². The summed E-state index contributed by atoms with van der Waals surface area (Å²) < 4.78 is 0. The van der Waals surface area contributed by atoms with Crippen molar-refractivity contribution in [3.05, 3.63) is 0 Å². The molecule has 0 saturated carbocycles. The molecule has 0 rings (SSSR count).